The molecule has 0 radical (unpaired) electrons. The van der Waals surface area contributed by atoms with Gasteiger partial charge in [-0.2, -0.15) is 0 Å². The highest BCUT2D eigenvalue weighted by Crippen LogP contribution is 2.18. The molecule has 116 valence electrons. The number of hydrogen-bond acceptors (Lipinski definition) is 3. The average Bonchev–Trinajstić information content (AvgIpc) is 2.45. The van der Waals surface area contributed by atoms with E-state index < -0.39 is 5.54 Å². The van der Waals surface area contributed by atoms with Crippen LogP contribution in [0.2, 0.25) is 0 Å². The lowest BCUT2D eigenvalue weighted by molar-refractivity contribution is -0.120. The first-order valence-electron chi connectivity index (χ1n) is 7.40. The second kappa shape index (κ2) is 7.78. The molecule has 0 spiro atoms. The van der Waals surface area contributed by atoms with Gasteiger partial charge in [0.05, 0.1) is 16.8 Å². The van der Waals surface area contributed by atoms with Gasteiger partial charge in [-0.1, -0.05) is 32.4 Å². The van der Waals surface area contributed by atoms with Gasteiger partial charge < -0.3 is 16.4 Å². The van der Waals surface area contributed by atoms with Crippen molar-refractivity contribution >= 4 is 17.5 Å². The van der Waals surface area contributed by atoms with Gasteiger partial charge in [0.25, 0.3) is 5.91 Å². The fourth-order valence-corrected chi connectivity index (χ4v) is 2.02. The number of para-hydroxylation sites is 1. The molecule has 0 aliphatic heterocycles. The minimum absolute atomic E-state index is 0.193. The molecule has 1 atom stereocenters. The van der Waals surface area contributed by atoms with Crippen molar-refractivity contribution in [3.05, 3.63) is 29.8 Å². The Balaban J connectivity index is 2.89. The van der Waals surface area contributed by atoms with Crippen LogP contribution < -0.4 is 16.4 Å². The van der Waals surface area contributed by atoms with Crippen LogP contribution in [0.25, 0.3) is 0 Å². The quantitative estimate of drug-likeness (QED) is 0.720. The number of benzene rings is 1. The van der Waals surface area contributed by atoms with E-state index in [-0.39, 0.29) is 11.8 Å². The number of amides is 2. The topological polar surface area (TPSA) is 84.2 Å². The van der Waals surface area contributed by atoms with Gasteiger partial charge in [0.15, 0.2) is 0 Å². The van der Waals surface area contributed by atoms with E-state index in [1.807, 2.05) is 13.8 Å². The summed E-state index contributed by atoms with van der Waals surface area (Å²) in [4.78, 5) is 24.3. The van der Waals surface area contributed by atoms with E-state index in [0.717, 1.165) is 12.8 Å². The van der Waals surface area contributed by atoms with E-state index >= 15 is 0 Å². The molecule has 1 unspecified atom stereocenters. The second-order valence-electron chi connectivity index (χ2n) is 5.42. The van der Waals surface area contributed by atoms with Crippen LogP contribution in [-0.2, 0) is 4.79 Å². The minimum atomic E-state index is -0.943. The molecule has 1 aromatic rings. The van der Waals surface area contributed by atoms with Gasteiger partial charge in [0.2, 0.25) is 5.91 Å². The summed E-state index contributed by atoms with van der Waals surface area (Å²) in [6.07, 6.45) is 2.26. The molecule has 2 amide bonds. The fourth-order valence-electron chi connectivity index (χ4n) is 2.02. The molecule has 21 heavy (non-hydrogen) atoms. The van der Waals surface area contributed by atoms with Crippen LogP contribution in [-0.4, -0.2) is 23.9 Å². The van der Waals surface area contributed by atoms with Gasteiger partial charge >= 0.3 is 0 Å². The van der Waals surface area contributed by atoms with E-state index in [4.69, 9.17) is 5.73 Å². The lowest BCUT2D eigenvalue weighted by Gasteiger charge is -2.23. The van der Waals surface area contributed by atoms with Crippen molar-refractivity contribution in [2.75, 3.05) is 11.9 Å². The molecular weight excluding hydrogens is 266 g/mol. The molecule has 0 aliphatic carbocycles. The Morgan fingerprint density at radius 2 is 1.86 bits per heavy atom. The Morgan fingerprint density at radius 1 is 1.19 bits per heavy atom. The SMILES string of the molecule is CCCNC(=O)c1ccccc1NC(=O)C(C)(N)CCC. The molecule has 5 heteroatoms. The Morgan fingerprint density at radius 3 is 2.48 bits per heavy atom. The standard InChI is InChI=1S/C16H25N3O2/c1-4-10-16(3,17)15(21)19-13-9-7-6-8-12(13)14(20)18-11-5-2/h6-9H,4-5,10-11,17H2,1-3H3,(H,18,20)(H,19,21). The van der Waals surface area contributed by atoms with Gasteiger partial charge in [-0.25, -0.2) is 0 Å². The second-order valence-corrected chi connectivity index (χ2v) is 5.42. The molecule has 0 saturated carbocycles. The van der Waals surface area contributed by atoms with Crippen molar-refractivity contribution in [3.8, 4) is 0 Å². The first-order chi connectivity index (χ1) is 9.92. The smallest absolute Gasteiger partial charge is 0.253 e. The average molecular weight is 291 g/mol. The maximum atomic E-state index is 12.2. The molecule has 0 aromatic heterocycles. The van der Waals surface area contributed by atoms with Gasteiger partial charge in [-0.3, -0.25) is 9.59 Å². The molecule has 0 fully saturated rings. The van der Waals surface area contributed by atoms with Crippen LogP contribution in [0, 0.1) is 0 Å². The Labute approximate surface area is 126 Å². The van der Waals surface area contributed by atoms with Crippen LogP contribution in [0.5, 0.6) is 0 Å². The van der Waals surface area contributed by atoms with Crippen LogP contribution >= 0.6 is 0 Å². The van der Waals surface area contributed by atoms with Crippen LogP contribution in [0.1, 0.15) is 50.4 Å². The van der Waals surface area contributed by atoms with Gasteiger partial charge in [-0.05, 0) is 31.9 Å². The third-order valence-electron chi connectivity index (χ3n) is 3.24. The summed E-state index contributed by atoms with van der Waals surface area (Å²) in [6.45, 7) is 6.26. The van der Waals surface area contributed by atoms with Gasteiger partial charge in [0, 0.05) is 6.54 Å². The summed E-state index contributed by atoms with van der Waals surface area (Å²) in [7, 11) is 0. The highest BCUT2D eigenvalue weighted by Gasteiger charge is 2.28. The van der Waals surface area contributed by atoms with E-state index in [0.29, 0.717) is 24.2 Å². The fraction of sp³-hybridized carbons (Fsp3) is 0.500. The highest BCUT2D eigenvalue weighted by molar-refractivity contribution is 6.05. The number of carbonyl (C=O) groups excluding carboxylic acids is 2. The van der Waals surface area contributed by atoms with E-state index in [1.165, 1.54) is 0 Å². The van der Waals surface area contributed by atoms with Crippen molar-refractivity contribution in [2.45, 2.75) is 45.6 Å². The third-order valence-corrected chi connectivity index (χ3v) is 3.24. The minimum Gasteiger partial charge on any atom is -0.352 e. The number of anilines is 1. The summed E-state index contributed by atoms with van der Waals surface area (Å²) in [5.74, 6) is -0.470. The Bertz CT molecular complexity index is 498. The zero-order valence-electron chi connectivity index (χ0n) is 13.0. The molecule has 4 N–H and O–H groups in total. The molecule has 5 nitrogen and oxygen atoms in total. The summed E-state index contributed by atoms with van der Waals surface area (Å²) in [6, 6.07) is 6.94. The molecule has 1 aromatic carbocycles. The zero-order chi connectivity index (χ0) is 15.9. The Kier molecular flexibility index (Phi) is 6.37. The summed E-state index contributed by atoms with van der Waals surface area (Å²) in [5, 5.41) is 5.57. The number of nitrogens with one attached hydrogen (secondary N) is 2. The number of nitrogens with two attached hydrogens (primary N) is 1. The molecule has 0 saturated heterocycles. The van der Waals surface area contributed by atoms with Crippen molar-refractivity contribution in [1.29, 1.82) is 0 Å². The van der Waals surface area contributed by atoms with Crippen molar-refractivity contribution in [2.24, 2.45) is 5.73 Å². The van der Waals surface area contributed by atoms with Gasteiger partial charge in [-0.15, -0.1) is 0 Å². The van der Waals surface area contributed by atoms with E-state index in [1.54, 1.807) is 31.2 Å². The van der Waals surface area contributed by atoms with E-state index in [9.17, 15) is 9.59 Å². The molecule has 0 bridgehead atoms. The molecule has 0 heterocycles. The predicted molar refractivity (Wildman–Crippen MR) is 85.2 cm³/mol. The number of hydrogen-bond donors (Lipinski definition) is 3. The van der Waals surface area contributed by atoms with Crippen molar-refractivity contribution < 1.29 is 9.59 Å². The molecule has 0 aliphatic rings. The third kappa shape index (κ3) is 4.86. The monoisotopic (exact) mass is 291 g/mol. The summed E-state index contributed by atoms with van der Waals surface area (Å²) in [5.41, 5.74) is 6.01. The summed E-state index contributed by atoms with van der Waals surface area (Å²) >= 11 is 0. The lowest BCUT2D eigenvalue weighted by atomic mass is 9.96. The number of carbonyl (C=O) groups is 2. The predicted octanol–water partition coefficient (Wildman–Crippen LogP) is 2.28. The highest BCUT2D eigenvalue weighted by atomic mass is 16.2. The first kappa shape index (κ1) is 17.2. The molecular formula is C16H25N3O2. The maximum Gasteiger partial charge on any atom is 0.253 e. The first-order valence-corrected chi connectivity index (χ1v) is 7.40. The van der Waals surface area contributed by atoms with Crippen LogP contribution in [0.15, 0.2) is 24.3 Å². The van der Waals surface area contributed by atoms with Gasteiger partial charge in [0.1, 0.15) is 0 Å². The zero-order valence-corrected chi connectivity index (χ0v) is 13.0. The van der Waals surface area contributed by atoms with Crippen molar-refractivity contribution in [3.63, 3.8) is 0 Å². The van der Waals surface area contributed by atoms with Crippen LogP contribution in [0.4, 0.5) is 5.69 Å². The van der Waals surface area contributed by atoms with E-state index in [2.05, 4.69) is 10.6 Å². The van der Waals surface area contributed by atoms with Crippen LogP contribution in [0.3, 0.4) is 0 Å². The Hall–Kier alpha value is -1.88. The normalized spacial score (nSPS) is 13.3. The lowest BCUT2D eigenvalue weighted by Crippen LogP contribution is -2.48. The summed E-state index contributed by atoms with van der Waals surface area (Å²) < 4.78 is 0. The number of rotatable bonds is 7. The van der Waals surface area contributed by atoms with Crippen molar-refractivity contribution in [1.82, 2.24) is 5.32 Å². The molecule has 1 rings (SSSR count). The largest absolute Gasteiger partial charge is 0.352 e. The maximum absolute atomic E-state index is 12.2.